The highest BCUT2D eigenvalue weighted by molar-refractivity contribution is 7.98. The van der Waals surface area contributed by atoms with Crippen molar-refractivity contribution in [3.8, 4) is 5.75 Å². The minimum atomic E-state index is -0.279. The predicted octanol–water partition coefficient (Wildman–Crippen LogP) is 3.35. The molecule has 1 aromatic carbocycles. The third-order valence-corrected chi connectivity index (χ3v) is 5.91. The summed E-state index contributed by atoms with van der Waals surface area (Å²) >= 11 is 6.92. The van der Waals surface area contributed by atoms with Crippen molar-refractivity contribution < 1.29 is 9.53 Å². The Morgan fingerprint density at radius 2 is 2.04 bits per heavy atom. The van der Waals surface area contributed by atoms with Crippen molar-refractivity contribution in [3.05, 3.63) is 23.8 Å². The van der Waals surface area contributed by atoms with E-state index in [4.69, 9.17) is 17.0 Å². The molecule has 1 fully saturated rings. The second-order valence-corrected chi connectivity index (χ2v) is 7.78. The molecule has 5 nitrogen and oxygen atoms in total. The number of methoxy groups -OCH3 is 1. The van der Waals surface area contributed by atoms with E-state index >= 15 is 0 Å². The molecule has 0 radical (unpaired) electrons. The molecule has 25 heavy (non-hydrogen) atoms. The summed E-state index contributed by atoms with van der Waals surface area (Å²) in [5, 5.41) is 3.77. The van der Waals surface area contributed by atoms with Gasteiger partial charge in [-0.15, -0.1) is 11.8 Å². The van der Waals surface area contributed by atoms with E-state index in [2.05, 4.69) is 30.0 Å². The number of benzene rings is 1. The molecule has 0 aliphatic heterocycles. The van der Waals surface area contributed by atoms with E-state index in [0.717, 1.165) is 11.3 Å². The molecule has 1 aliphatic rings. The number of thioether (sulfide) groups is 1. The minimum absolute atomic E-state index is 0.279. The first-order valence-corrected chi connectivity index (χ1v) is 10.2. The summed E-state index contributed by atoms with van der Waals surface area (Å²) in [5.41, 5.74) is 5.92. The van der Waals surface area contributed by atoms with Crippen LogP contribution in [0.1, 0.15) is 43.5 Å². The molecular formula is C18H27N3O2S2. The van der Waals surface area contributed by atoms with Gasteiger partial charge in [0, 0.05) is 10.9 Å². The second kappa shape index (κ2) is 9.29. The SMILES string of the molecule is COc1cc(SC)ccc1C(=O)NNC(=S)N[C@@H]1CCC[C@H](C)[C@H]1C. The van der Waals surface area contributed by atoms with Gasteiger partial charge in [0.05, 0.1) is 12.7 Å². The lowest BCUT2D eigenvalue weighted by Crippen LogP contribution is -2.52. The largest absolute Gasteiger partial charge is 0.496 e. The highest BCUT2D eigenvalue weighted by Gasteiger charge is 2.27. The van der Waals surface area contributed by atoms with Crippen LogP contribution in [0.5, 0.6) is 5.75 Å². The summed E-state index contributed by atoms with van der Waals surface area (Å²) in [6, 6.07) is 5.84. The van der Waals surface area contributed by atoms with Crippen LogP contribution in [0.25, 0.3) is 0 Å². The van der Waals surface area contributed by atoms with Crippen LogP contribution in [0.15, 0.2) is 23.1 Å². The van der Waals surface area contributed by atoms with Crippen molar-refractivity contribution in [3.63, 3.8) is 0 Å². The Balaban J connectivity index is 1.90. The number of hydrazine groups is 1. The molecule has 3 N–H and O–H groups in total. The van der Waals surface area contributed by atoms with E-state index in [1.54, 1.807) is 24.9 Å². The number of carbonyl (C=O) groups is 1. The van der Waals surface area contributed by atoms with Gasteiger partial charge in [0.2, 0.25) is 0 Å². The van der Waals surface area contributed by atoms with Crippen LogP contribution >= 0.6 is 24.0 Å². The number of carbonyl (C=O) groups excluding carboxylic acids is 1. The Morgan fingerprint density at radius 3 is 2.72 bits per heavy atom. The standard InChI is InChI=1S/C18H27N3O2S2/c1-11-6-5-7-15(12(11)2)19-18(24)21-20-17(22)14-9-8-13(25-4)10-16(14)23-3/h8-12,15H,5-7H2,1-4H3,(H,20,22)(H2,19,21,24)/t11-,12+,15+/m0/s1. The minimum Gasteiger partial charge on any atom is -0.496 e. The van der Waals surface area contributed by atoms with Gasteiger partial charge in [-0.1, -0.05) is 26.7 Å². The molecule has 0 heterocycles. The zero-order valence-electron chi connectivity index (χ0n) is 15.2. The van der Waals surface area contributed by atoms with Crippen molar-refractivity contribution >= 4 is 35.0 Å². The number of nitrogens with one attached hydrogen (secondary N) is 3. The summed E-state index contributed by atoms with van der Waals surface area (Å²) in [5.74, 6) is 1.50. The first-order chi connectivity index (χ1) is 12.0. The molecule has 0 spiro atoms. The molecular weight excluding hydrogens is 354 g/mol. The predicted molar refractivity (Wildman–Crippen MR) is 107 cm³/mol. The Labute approximate surface area is 159 Å². The van der Waals surface area contributed by atoms with Crippen LogP contribution in [0.3, 0.4) is 0 Å². The summed E-state index contributed by atoms with van der Waals surface area (Å²) in [6.45, 7) is 4.53. The van der Waals surface area contributed by atoms with E-state index in [9.17, 15) is 4.79 Å². The number of hydrogen-bond acceptors (Lipinski definition) is 4. The molecule has 0 unspecified atom stereocenters. The molecule has 1 aromatic rings. The van der Waals surface area contributed by atoms with Gasteiger partial charge in [-0.25, -0.2) is 0 Å². The van der Waals surface area contributed by atoms with Gasteiger partial charge in [-0.05, 0) is 54.9 Å². The molecule has 2 rings (SSSR count). The summed E-state index contributed by atoms with van der Waals surface area (Å²) in [4.78, 5) is 13.4. The number of rotatable bonds is 4. The molecule has 138 valence electrons. The molecule has 3 atom stereocenters. The molecule has 1 aliphatic carbocycles. The Kier molecular flexibility index (Phi) is 7.38. The zero-order valence-corrected chi connectivity index (χ0v) is 16.9. The number of thiocarbonyl (C=S) groups is 1. The fourth-order valence-electron chi connectivity index (χ4n) is 3.16. The van der Waals surface area contributed by atoms with E-state index in [0.29, 0.717) is 34.3 Å². The van der Waals surface area contributed by atoms with Gasteiger partial charge in [-0.2, -0.15) is 0 Å². The van der Waals surface area contributed by atoms with Crippen LogP contribution in [0, 0.1) is 11.8 Å². The maximum absolute atomic E-state index is 12.4. The fraction of sp³-hybridized carbons (Fsp3) is 0.556. The lowest BCUT2D eigenvalue weighted by Gasteiger charge is -2.35. The van der Waals surface area contributed by atoms with Crippen molar-refractivity contribution in [2.75, 3.05) is 13.4 Å². The van der Waals surface area contributed by atoms with Gasteiger partial charge in [0.15, 0.2) is 5.11 Å². The molecule has 1 saturated carbocycles. The first-order valence-electron chi connectivity index (χ1n) is 8.55. The van der Waals surface area contributed by atoms with E-state index < -0.39 is 0 Å². The van der Waals surface area contributed by atoms with Crippen molar-refractivity contribution in [1.29, 1.82) is 0 Å². The third kappa shape index (κ3) is 5.25. The fourth-order valence-corrected chi connectivity index (χ4v) is 3.79. The summed E-state index contributed by atoms with van der Waals surface area (Å²) in [7, 11) is 1.56. The number of amides is 1. The highest BCUT2D eigenvalue weighted by atomic mass is 32.2. The maximum Gasteiger partial charge on any atom is 0.273 e. The van der Waals surface area contributed by atoms with Crippen LogP contribution in [-0.2, 0) is 0 Å². The smallest absolute Gasteiger partial charge is 0.273 e. The molecule has 0 bridgehead atoms. The number of hydrogen-bond donors (Lipinski definition) is 3. The summed E-state index contributed by atoms with van der Waals surface area (Å²) in [6.07, 6.45) is 5.55. The Bertz CT molecular complexity index is 624. The number of ether oxygens (including phenoxy) is 1. The van der Waals surface area contributed by atoms with Gasteiger partial charge in [-0.3, -0.25) is 15.6 Å². The van der Waals surface area contributed by atoms with E-state index in [1.165, 1.54) is 12.8 Å². The summed E-state index contributed by atoms with van der Waals surface area (Å²) < 4.78 is 5.31. The van der Waals surface area contributed by atoms with Crippen molar-refractivity contribution in [1.82, 2.24) is 16.2 Å². The quantitative estimate of drug-likeness (QED) is 0.422. The lowest BCUT2D eigenvalue weighted by molar-refractivity contribution is 0.0940. The van der Waals surface area contributed by atoms with Crippen molar-refractivity contribution in [2.24, 2.45) is 11.8 Å². The third-order valence-electron chi connectivity index (χ3n) is 4.97. The zero-order chi connectivity index (χ0) is 18.4. The highest BCUT2D eigenvalue weighted by Crippen LogP contribution is 2.29. The molecule has 0 saturated heterocycles. The van der Waals surface area contributed by atoms with Gasteiger partial charge in [0.25, 0.3) is 5.91 Å². The van der Waals surface area contributed by atoms with Gasteiger partial charge >= 0.3 is 0 Å². The van der Waals surface area contributed by atoms with Gasteiger partial charge < -0.3 is 10.1 Å². The maximum atomic E-state index is 12.4. The van der Waals surface area contributed by atoms with Gasteiger partial charge in [0.1, 0.15) is 5.75 Å². The lowest BCUT2D eigenvalue weighted by atomic mass is 9.78. The molecule has 1 amide bonds. The van der Waals surface area contributed by atoms with Crippen LogP contribution in [0.2, 0.25) is 0 Å². The van der Waals surface area contributed by atoms with E-state index in [-0.39, 0.29) is 5.91 Å². The normalized spacial score (nSPS) is 22.8. The van der Waals surface area contributed by atoms with Crippen molar-refractivity contribution in [2.45, 2.75) is 44.0 Å². The molecule has 0 aromatic heterocycles. The first kappa shape index (κ1) is 19.8. The average Bonchev–Trinajstić information content (AvgIpc) is 2.62. The topological polar surface area (TPSA) is 62.4 Å². The Morgan fingerprint density at radius 1 is 1.28 bits per heavy atom. The molecule has 7 heteroatoms. The monoisotopic (exact) mass is 381 g/mol. The van der Waals surface area contributed by atoms with Crippen LogP contribution in [-0.4, -0.2) is 30.4 Å². The van der Waals surface area contributed by atoms with Crippen LogP contribution < -0.4 is 20.9 Å². The van der Waals surface area contributed by atoms with E-state index in [1.807, 2.05) is 18.4 Å². The second-order valence-electron chi connectivity index (χ2n) is 6.49. The van der Waals surface area contributed by atoms with Crippen LogP contribution in [0.4, 0.5) is 0 Å². The average molecular weight is 382 g/mol. The Hall–Kier alpha value is -1.47.